The normalized spacial score (nSPS) is 22.0. The van der Waals surface area contributed by atoms with Gasteiger partial charge in [-0.2, -0.15) is 0 Å². The summed E-state index contributed by atoms with van der Waals surface area (Å²) in [5.41, 5.74) is 0. The van der Waals surface area contributed by atoms with Gasteiger partial charge in [0.15, 0.2) is 5.96 Å². The van der Waals surface area contributed by atoms with Crippen molar-refractivity contribution < 1.29 is 0 Å². The molecule has 0 spiro atoms. The van der Waals surface area contributed by atoms with E-state index in [1.165, 1.54) is 4.88 Å². The molecule has 1 aliphatic heterocycles. The summed E-state index contributed by atoms with van der Waals surface area (Å²) in [5, 5.41) is 9.02. The molecule has 2 atom stereocenters. The van der Waals surface area contributed by atoms with E-state index in [9.17, 15) is 0 Å². The van der Waals surface area contributed by atoms with Crippen LogP contribution in [0, 0.1) is 0 Å². The lowest BCUT2D eigenvalue weighted by Crippen LogP contribution is -2.55. The summed E-state index contributed by atoms with van der Waals surface area (Å²) in [4.78, 5) is 10.5. The van der Waals surface area contributed by atoms with Crippen molar-refractivity contribution in [3.05, 3.63) is 22.4 Å². The summed E-state index contributed by atoms with van der Waals surface area (Å²) in [7, 11) is 6.21. The fourth-order valence-corrected chi connectivity index (χ4v) is 3.28. The van der Waals surface area contributed by atoms with Crippen molar-refractivity contribution in [3.63, 3.8) is 0 Å². The second-order valence-corrected chi connectivity index (χ2v) is 6.71. The predicted molar refractivity (Wildman–Crippen MR) is 107 cm³/mol. The van der Waals surface area contributed by atoms with Gasteiger partial charge in [-0.25, -0.2) is 0 Å². The maximum absolute atomic E-state index is 4.33. The van der Waals surface area contributed by atoms with Gasteiger partial charge >= 0.3 is 0 Å². The molecule has 2 rings (SSSR count). The zero-order chi connectivity index (χ0) is 15.2. The molecular formula is C15H28IN5S. The zero-order valence-corrected chi connectivity index (χ0v) is 17.0. The Morgan fingerprint density at radius 1 is 1.45 bits per heavy atom. The lowest BCUT2D eigenvalue weighted by atomic mass is 10.2. The number of aliphatic imine (C=N–C) groups is 1. The monoisotopic (exact) mass is 437 g/mol. The van der Waals surface area contributed by atoms with Crippen LogP contribution in [-0.2, 0) is 0 Å². The molecule has 2 heterocycles. The third-order valence-electron chi connectivity index (χ3n) is 4.03. The number of guanidine groups is 1. The van der Waals surface area contributed by atoms with Crippen LogP contribution < -0.4 is 10.6 Å². The lowest BCUT2D eigenvalue weighted by Gasteiger charge is -2.38. The van der Waals surface area contributed by atoms with Crippen molar-refractivity contribution in [2.45, 2.75) is 19.0 Å². The number of hydrogen-bond acceptors (Lipinski definition) is 4. The smallest absolute Gasteiger partial charge is 0.191 e. The van der Waals surface area contributed by atoms with Gasteiger partial charge in [0.2, 0.25) is 0 Å². The predicted octanol–water partition coefficient (Wildman–Crippen LogP) is 1.84. The van der Waals surface area contributed by atoms with Crippen LogP contribution in [0.5, 0.6) is 0 Å². The summed E-state index contributed by atoms with van der Waals surface area (Å²) < 4.78 is 0. The zero-order valence-electron chi connectivity index (χ0n) is 13.9. The van der Waals surface area contributed by atoms with Crippen molar-refractivity contribution >= 4 is 41.3 Å². The van der Waals surface area contributed by atoms with E-state index in [-0.39, 0.29) is 30.0 Å². The average molecular weight is 437 g/mol. The number of likely N-dealkylation sites (N-methyl/N-ethyl adjacent to an activating group) is 2. The molecule has 0 amide bonds. The molecule has 1 aromatic heterocycles. The highest BCUT2D eigenvalue weighted by Crippen LogP contribution is 2.17. The topological polar surface area (TPSA) is 42.9 Å². The van der Waals surface area contributed by atoms with Crippen molar-refractivity contribution in [1.82, 2.24) is 20.4 Å². The van der Waals surface area contributed by atoms with Gasteiger partial charge < -0.3 is 15.5 Å². The molecule has 2 N–H and O–H groups in total. The number of halogens is 1. The SMILES string of the molecule is CN=C(NCC1CN(C)CCN1C)NC(C)c1cccs1.I. The van der Waals surface area contributed by atoms with E-state index in [4.69, 9.17) is 0 Å². The number of hydrogen-bond donors (Lipinski definition) is 2. The Hall–Kier alpha value is -0.380. The minimum Gasteiger partial charge on any atom is -0.355 e. The number of nitrogens with zero attached hydrogens (tertiary/aromatic N) is 3. The van der Waals surface area contributed by atoms with Crippen molar-refractivity contribution in [1.29, 1.82) is 0 Å². The Kier molecular flexibility index (Phi) is 8.66. The Morgan fingerprint density at radius 2 is 2.23 bits per heavy atom. The maximum Gasteiger partial charge on any atom is 0.191 e. The van der Waals surface area contributed by atoms with E-state index in [1.807, 2.05) is 7.05 Å². The van der Waals surface area contributed by atoms with Gasteiger partial charge in [-0.15, -0.1) is 35.3 Å². The lowest BCUT2D eigenvalue weighted by molar-refractivity contribution is 0.116. The molecule has 1 aromatic rings. The molecule has 0 saturated carbocycles. The Morgan fingerprint density at radius 3 is 2.86 bits per heavy atom. The van der Waals surface area contributed by atoms with Gasteiger partial charge in [-0.1, -0.05) is 6.07 Å². The summed E-state index contributed by atoms with van der Waals surface area (Å²) in [5.74, 6) is 0.873. The fraction of sp³-hybridized carbons (Fsp3) is 0.667. The fourth-order valence-electron chi connectivity index (χ4n) is 2.54. The number of nitrogens with one attached hydrogen (secondary N) is 2. The number of rotatable bonds is 4. The van der Waals surface area contributed by atoms with Gasteiger partial charge in [0.25, 0.3) is 0 Å². The first-order valence-corrected chi connectivity index (χ1v) is 8.37. The van der Waals surface area contributed by atoms with Crippen LogP contribution in [0.3, 0.4) is 0 Å². The van der Waals surface area contributed by atoms with Crippen LogP contribution in [-0.4, -0.2) is 69.1 Å². The Bertz CT molecular complexity index is 451. The summed E-state index contributed by atoms with van der Waals surface area (Å²) in [6.45, 7) is 6.45. The highest BCUT2D eigenvalue weighted by molar-refractivity contribution is 14.0. The average Bonchev–Trinajstić information content (AvgIpc) is 3.00. The first-order valence-electron chi connectivity index (χ1n) is 7.49. The molecule has 5 nitrogen and oxygen atoms in total. The van der Waals surface area contributed by atoms with Gasteiger partial charge in [0.1, 0.15) is 0 Å². The van der Waals surface area contributed by atoms with Crippen LogP contribution in [0.15, 0.2) is 22.5 Å². The largest absolute Gasteiger partial charge is 0.355 e. The first-order chi connectivity index (χ1) is 10.1. The van der Waals surface area contributed by atoms with Crippen molar-refractivity contribution in [3.8, 4) is 0 Å². The third-order valence-corrected chi connectivity index (χ3v) is 5.09. The van der Waals surface area contributed by atoms with Crippen LogP contribution in [0.2, 0.25) is 0 Å². The molecule has 126 valence electrons. The summed E-state index contributed by atoms with van der Waals surface area (Å²) in [6, 6.07) is 5.04. The van der Waals surface area contributed by atoms with Gasteiger partial charge in [0, 0.05) is 44.1 Å². The molecule has 0 radical (unpaired) electrons. The Labute approximate surface area is 155 Å². The summed E-state index contributed by atoms with van der Waals surface area (Å²) >= 11 is 1.77. The maximum atomic E-state index is 4.33. The molecule has 0 bridgehead atoms. The Balaban J connectivity index is 0.00000242. The van der Waals surface area contributed by atoms with Crippen molar-refractivity contribution in [2.24, 2.45) is 4.99 Å². The van der Waals surface area contributed by atoms with E-state index in [0.29, 0.717) is 6.04 Å². The number of thiophene rings is 1. The van der Waals surface area contributed by atoms with Crippen molar-refractivity contribution in [2.75, 3.05) is 47.3 Å². The molecule has 7 heteroatoms. The molecule has 0 aromatic carbocycles. The molecule has 1 saturated heterocycles. The highest BCUT2D eigenvalue weighted by atomic mass is 127. The van der Waals surface area contributed by atoms with Crippen LogP contribution in [0.1, 0.15) is 17.8 Å². The first kappa shape index (κ1) is 19.7. The standard InChI is InChI=1S/C15H27N5S.HI/c1-12(14-6-5-9-21-14)18-15(16-2)17-10-13-11-19(3)7-8-20(13)4;/h5-6,9,12-13H,7-8,10-11H2,1-4H3,(H2,16,17,18);1H. The summed E-state index contributed by atoms with van der Waals surface area (Å²) in [6.07, 6.45) is 0. The van der Waals surface area contributed by atoms with Gasteiger partial charge in [-0.3, -0.25) is 9.89 Å². The highest BCUT2D eigenvalue weighted by Gasteiger charge is 2.22. The molecule has 22 heavy (non-hydrogen) atoms. The molecule has 1 fully saturated rings. The molecule has 1 aliphatic rings. The van der Waals surface area contributed by atoms with Crippen LogP contribution >= 0.6 is 35.3 Å². The van der Waals surface area contributed by atoms with Crippen LogP contribution in [0.25, 0.3) is 0 Å². The van der Waals surface area contributed by atoms with E-state index in [1.54, 1.807) is 11.3 Å². The third kappa shape index (κ3) is 5.68. The van der Waals surface area contributed by atoms with E-state index < -0.39 is 0 Å². The minimum absolute atomic E-state index is 0. The van der Waals surface area contributed by atoms with E-state index >= 15 is 0 Å². The number of piperazine rings is 1. The van der Waals surface area contributed by atoms with Gasteiger partial charge in [-0.05, 0) is 32.5 Å². The van der Waals surface area contributed by atoms with E-state index in [0.717, 1.165) is 32.1 Å². The molecule has 2 unspecified atom stereocenters. The second kappa shape index (κ2) is 9.69. The minimum atomic E-state index is 0. The van der Waals surface area contributed by atoms with Gasteiger partial charge in [0.05, 0.1) is 6.04 Å². The quantitative estimate of drug-likeness (QED) is 0.429. The van der Waals surface area contributed by atoms with E-state index in [2.05, 4.69) is 64.0 Å². The van der Waals surface area contributed by atoms with Crippen LogP contribution in [0.4, 0.5) is 0 Å². The molecular weight excluding hydrogens is 409 g/mol. The second-order valence-electron chi connectivity index (χ2n) is 5.73. The molecule has 0 aliphatic carbocycles.